The molecule has 0 fully saturated rings. The van der Waals surface area contributed by atoms with Crippen LogP contribution >= 0.6 is 0 Å². The minimum atomic E-state index is 0. The van der Waals surface area contributed by atoms with Gasteiger partial charge in [0, 0.05) is 22.6 Å². The average molecular weight is 1430 g/mol. The van der Waals surface area contributed by atoms with Crippen LogP contribution in [0.2, 0.25) is 0 Å². The largest absolute Gasteiger partial charge is 0.488 e. The van der Waals surface area contributed by atoms with E-state index >= 15 is 0 Å². The zero-order valence-corrected chi connectivity index (χ0v) is 65.9. The fourth-order valence-corrected chi connectivity index (χ4v) is 13.4. The molecule has 0 atom stereocenters. The van der Waals surface area contributed by atoms with Crippen LogP contribution in [-0.2, 0) is 42.4 Å². The summed E-state index contributed by atoms with van der Waals surface area (Å²) in [6.07, 6.45) is 56.1. The number of aromatic nitrogens is 4. The first-order chi connectivity index (χ1) is 48.4. The summed E-state index contributed by atoms with van der Waals surface area (Å²) in [5.41, 5.74) is 6.93. The molecular formula is C86H146CuN4O8. The van der Waals surface area contributed by atoms with Gasteiger partial charge in [-0.1, -0.05) is 319 Å². The molecule has 12 nitrogen and oxygen atoms in total. The second-order valence-electron chi connectivity index (χ2n) is 28.4. The molecule has 2 aliphatic heterocycles. The third-order valence-electron chi connectivity index (χ3n) is 19.4. The van der Waals surface area contributed by atoms with E-state index in [1.807, 2.05) is 0 Å². The van der Waals surface area contributed by atoms with Gasteiger partial charge >= 0.3 is 0 Å². The Labute approximate surface area is 615 Å². The molecule has 0 spiro atoms. The Morgan fingerprint density at radius 3 is 0.818 bits per heavy atom. The Morgan fingerprint density at radius 1 is 0.242 bits per heavy atom. The molecular weight excluding hydrogens is 1280 g/mol. The number of nitrogens with one attached hydrogen (secondary N) is 2. The minimum Gasteiger partial charge on any atom is -0.488 e. The third-order valence-corrected chi connectivity index (χ3v) is 19.4. The topological polar surface area (TPSA) is 131 Å². The predicted octanol–water partition coefficient (Wildman–Crippen LogP) is 27.0. The van der Waals surface area contributed by atoms with Crippen LogP contribution in [0, 0.1) is 0 Å². The van der Waals surface area contributed by atoms with Gasteiger partial charge < -0.3 is 47.9 Å². The molecule has 0 saturated carbocycles. The van der Waals surface area contributed by atoms with Crippen molar-refractivity contribution >= 4 is 45.1 Å². The van der Waals surface area contributed by atoms with Gasteiger partial charge in [-0.25, -0.2) is 9.97 Å². The summed E-state index contributed by atoms with van der Waals surface area (Å²) in [6, 6.07) is 6.43. The molecule has 8 bridgehead atoms. The van der Waals surface area contributed by atoms with Gasteiger partial charge in [-0.15, -0.1) is 0 Å². The Bertz CT molecular complexity index is 2770. The van der Waals surface area contributed by atoms with Gasteiger partial charge in [0.2, 0.25) is 0 Å². The normalized spacial score (nSPS) is 12.2. The summed E-state index contributed by atoms with van der Waals surface area (Å²) in [5, 5.41) is 0. The summed E-state index contributed by atoms with van der Waals surface area (Å²) < 4.78 is 57.6. The summed E-state index contributed by atoms with van der Waals surface area (Å²) in [6.45, 7) is 24.9. The monoisotopic (exact) mass is 1430 g/mol. The molecule has 0 saturated heterocycles. The van der Waals surface area contributed by atoms with Crippen molar-refractivity contribution in [3.8, 4) is 23.0 Å². The maximum Gasteiger partial charge on any atom is 0.189 e. The number of aryl methyl sites for hydroxylation is 1. The second kappa shape index (κ2) is 57.0. The van der Waals surface area contributed by atoms with E-state index in [1.165, 1.54) is 205 Å². The van der Waals surface area contributed by atoms with E-state index in [9.17, 15) is 0 Å². The number of hydrogen-bond donors (Lipinski definition) is 2. The van der Waals surface area contributed by atoms with Gasteiger partial charge in [0.25, 0.3) is 0 Å². The van der Waals surface area contributed by atoms with E-state index in [2.05, 4.69) is 90.5 Å². The fourth-order valence-electron chi connectivity index (χ4n) is 13.4. The van der Waals surface area contributed by atoms with E-state index in [4.69, 9.17) is 47.9 Å². The maximum atomic E-state index is 7.28. The zero-order valence-electron chi connectivity index (χ0n) is 65.0. The van der Waals surface area contributed by atoms with Gasteiger partial charge in [0.1, 0.15) is 22.8 Å². The molecule has 13 heteroatoms. The second-order valence-corrected chi connectivity index (χ2v) is 28.4. The van der Waals surface area contributed by atoms with E-state index in [-0.39, 0.29) is 17.1 Å². The molecule has 0 unspecified atom stereocenters. The fraction of sp³-hybridized carbons (Fsp3) is 0.767. The van der Waals surface area contributed by atoms with Crippen molar-refractivity contribution in [2.24, 2.45) is 0 Å². The standard InChI is InChI=1S/C86H146N4O8.Cu/c1-10-19-27-35-43-51-59-91-79-71-67-72-80(92-60-52-44-36-28-20-11-2)82(94-62-54-46-38-30-22-13-4)74(88-72)69-76-84(96-64-56-48-40-32-24-15-6)86(98-66-58-50-42-34-26-17-8)78(90-76)70(18-9)77-85(97-65-57-49-41-33-25-16-7)83(95-63-55-47-39-31-23-14-5)75(89-77)68-73(87-71)81(79)93-61-53-45-37-29-21-12-3;/h67-69,87,89H,10-66H2,1-9H3;. The zero-order chi connectivity index (χ0) is 69.7. The number of rotatable bonds is 65. The Kier molecular flexibility index (Phi) is 50.0. The van der Waals surface area contributed by atoms with Crippen LogP contribution in [0.3, 0.4) is 0 Å². The number of fused-ring (bicyclic) bond motifs is 8. The van der Waals surface area contributed by atoms with Crippen molar-refractivity contribution in [1.29, 1.82) is 0 Å². The number of H-pyrrole nitrogens is 2. The van der Waals surface area contributed by atoms with Crippen LogP contribution in [0.15, 0.2) is 18.2 Å². The molecule has 99 heavy (non-hydrogen) atoms. The Morgan fingerprint density at radius 2 is 0.485 bits per heavy atom. The van der Waals surface area contributed by atoms with Gasteiger partial charge in [0.15, 0.2) is 46.0 Å². The molecule has 0 amide bonds. The van der Waals surface area contributed by atoms with Crippen molar-refractivity contribution in [2.75, 3.05) is 52.9 Å². The summed E-state index contributed by atoms with van der Waals surface area (Å²) in [5.74, 6) is 5.41. The molecule has 5 rings (SSSR count). The first-order valence-corrected chi connectivity index (χ1v) is 41.8. The predicted molar refractivity (Wildman–Crippen MR) is 417 cm³/mol. The molecule has 0 aliphatic carbocycles. The van der Waals surface area contributed by atoms with E-state index in [1.54, 1.807) is 0 Å². The smallest absolute Gasteiger partial charge is 0.189 e. The summed E-state index contributed by atoms with van der Waals surface area (Å²) >= 11 is 0. The van der Waals surface area contributed by atoms with Crippen LogP contribution in [0.4, 0.5) is 0 Å². The first kappa shape index (κ1) is 86.9. The van der Waals surface area contributed by atoms with Crippen molar-refractivity contribution in [3.63, 3.8) is 0 Å². The number of ether oxygens (including phenoxy) is 8. The van der Waals surface area contributed by atoms with E-state index in [0.29, 0.717) is 122 Å². The third kappa shape index (κ3) is 33.2. The van der Waals surface area contributed by atoms with Crippen molar-refractivity contribution in [2.45, 2.75) is 377 Å². The molecule has 5 heterocycles. The van der Waals surface area contributed by atoms with E-state index < -0.39 is 0 Å². The molecule has 3 aromatic heterocycles. The summed E-state index contributed by atoms with van der Waals surface area (Å²) in [7, 11) is 0. The first-order valence-electron chi connectivity index (χ1n) is 41.8. The van der Waals surface area contributed by atoms with Crippen molar-refractivity contribution in [1.82, 2.24) is 19.9 Å². The Balaban J connectivity index is 0.0000208. The SMILES string of the molecule is CCCCCCCCOC1=C(OCCCCCCCC)c2cc3[nH]c(cc4[nH]c(c(CC)c5nc(cc1n2)C(OCCCCCCCC)=C5OCCCCCCCC)c(OCCCCCCCC)c4OCCCCCCCC)c(OCCCCCCCC)c3OCCCCCCCC.[Cu]. The van der Waals surface area contributed by atoms with Gasteiger partial charge in [-0.2, -0.15) is 0 Å². The molecule has 1 radical (unpaired) electrons. The van der Waals surface area contributed by atoms with Crippen LogP contribution in [0.5, 0.6) is 23.0 Å². The number of aromatic amines is 2. The molecule has 2 aliphatic rings. The number of hydrogen-bond acceptors (Lipinski definition) is 10. The molecule has 569 valence electrons. The molecule has 3 aromatic rings. The van der Waals surface area contributed by atoms with Crippen molar-refractivity contribution < 1.29 is 55.0 Å². The van der Waals surface area contributed by atoms with Crippen LogP contribution < -0.4 is 18.9 Å². The van der Waals surface area contributed by atoms with Gasteiger partial charge in [-0.05, 0) is 76.0 Å². The van der Waals surface area contributed by atoms with Gasteiger partial charge in [0.05, 0.1) is 74.9 Å². The minimum absolute atomic E-state index is 0. The molecule has 0 aromatic carbocycles. The molecule has 2 N–H and O–H groups in total. The Hall–Kier alpha value is -4.48. The van der Waals surface area contributed by atoms with Crippen LogP contribution in [0.25, 0.3) is 45.1 Å². The van der Waals surface area contributed by atoms with Crippen LogP contribution in [-0.4, -0.2) is 72.8 Å². The van der Waals surface area contributed by atoms with Crippen LogP contribution in [0.1, 0.15) is 399 Å². The average Bonchev–Trinajstić information content (AvgIpc) is 1.61. The van der Waals surface area contributed by atoms with Gasteiger partial charge in [-0.3, -0.25) is 0 Å². The maximum absolute atomic E-state index is 7.28. The number of nitrogens with zero attached hydrogens (tertiary/aromatic N) is 2. The quantitative estimate of drug-likeness (QED) is 0.0416. The summed E-state index contributed by atoms with van der Waals surface area (Å²) in [4.78, 5) is 19.4. The number of unbranched alkanes of at least 4 members (excludes halogenated alkanes) is 40. The van der Waals surface area contributed by atoms with Crippen molar-refractivity contribution in [3.05, 3.63) is 46.5 Å². The van der Waals surface area contributed by atoms with E-state index in [0.717, 1.165) is 136 Å².